The number of carbonyl (C=O) groups is 2. The summed E-state index contributed by atoms with van der Waals surface area (Å²) >= 11 is 0. The number of carbonyl (C=O) groups excluding carboxylic acids is 1. The van der Waals surface area contributed by atoms with Crippen LogP contribution in [0.3, 0.4) is 0 Å². The van der Waals surface area contributed by atoms with Crippen LogP contribution in [-0.4, -0.2) is 47.6 Å². The van der Waals surface area contributed by atoms with E-state index in [1.807, 2.05) is 24.3 Å². The highest BCUT2D eigenvalue weighted by atomic mass is 35.5. The van der Waals surface area contributed by atoms with Crippen molar-refractivity contribution < 1.29 is 19.1 Å². The second-order valence-electron chi connectivity index (χ2n) is 7.94. The number of nitrogens with one attached hydrogen (secondary N) is 1. The lowest BCUT2D eigenvalue weighted by Gasteiger charge is -2.44. The van der Waals surface area contributed by atoms with E-state index >= 15 is 0 Å². The number of fused-ring (bicyclic) bond motifs is 4. The van der Waals surface area contributed by atoms with Gasteiger partial charge in [-0.05, 0) is 55.6 Å². The summed E-state index contributed by atoms with van der Waals surface area (Å²) in [6, 6.07) is 14.3. The lowest BCUT2D eigenvalue weighted by atomic mass is 9.84. The van der Waals surface area contributed by atoms with Crippen LogP contribution in [-0.2, 0) is 0 Å². The van der Waals surface area contributed by atoms with Gasteiger partial charge in [0.15, 0.2) is 5.76 Å². The molecule has 3 aromatic rings. The molecule has 0 aliphatic carbocycles. The lowest BCUT2D eigenvalue weighted by Crippen LogP contribution is -2.57. The molecule has 7 heteroatoms. The van der Waals surface area contributed by atoms with E-state index in [9.17, 15) is 14.7 Å². The minimum Gasteiger partial charge on any atom is -0.478 e. The van der Waals surface area contributed by atoms with Crippen LogP contribution in [0, 0.1) is 5.92 Å². The molecule has 6 nitrogen and oxygen atoms in total. The predicted octanol–water partition coefficient (Wildman–Crippen LogP) is 4.04. The Kier molecular flexibility index (Phi) is 5.54. The van der Waals surface area contributed by atoms with Crippen LogP contribution in [0.25, 0.3) is 22.1 Å². The van der Waals surface area contributed by atoms with Gasteiger partial charge in [0.1, 0.15) is 5.58 Å². The van der Waals surface area contributed by atoms with Gasteiger partial charge in [0.25, 0.3) is 5.91 Å². The topological polar surface area (TPSA) is 82.8 Å². The van der Waals surface area contributed by atoms with Crippen LogP contribution in [0.5, 0.6) is 0 Å². The molecule has 156 valence electrons. The number of carboxylic acids is 1. The molecule has 1 amide bonds. The van der Waals surface area contributed by atoms with E-state index in [0.717, 1.165) is 49.0 Å². The first-order valence-electron chi connectivity index (χ1n) is 9.98. The van der Waals surface area contributed by atoms with Gasteiger partial charge in [0.2, 0.25) is 0 Å². The molecule has 2 N–H and O–H groups in total. The summed E-state index contributed by atoms with van der Waals surface area (Å²) in [4.78, 5) is 26.6. The van der Waals surface area contributed by atoms with Crippen molar-refractivity contribution >= 4 is 35.3 Å². The van der Waals surface area contributed by atoms with Crippen molar-refractivity contribution in [2.45, 2.75) is 18.9 Å². The van der Waals surface area contributed by atoms with E-state index in [2.05, 4.69) is 10.2 Å². The minimum atomic E-state index is -0.976. The first-order valence-corrected chi connectivity index (χ1v) is 9.98. The number of hydrogen-bond acceptors (Lipinski definition) is 4. The zero-order chi connectivity index (χ0) is 20.0. The summed E-state index contributed by atoms with van der Waals surface area (Å²) in [5.74, 6) is -0.331. The van der Waals surface area contributed by atoms with Crippen LogP contribution < -0.4 is 5.32 Å². The van der Waals surface area contributed by atoms with Crippen LogP contribution >= 0.6 is 12.4 Å². The maximum absolute atomic E-state index is 12.8. The Balaban J connectivity index is 0.00000218. The number of furan rings is 1. The molecule has 0 spiro atoms. The predicted molar refractivity (Wildman–Crippen MR) is 116 cm³/mol. The van der Waals surface area contributed by atoms with Crippen LogP contribution in [0.2, 0.25) is 0 Å². The molecule has 3 aliphatic rings. The first-order chi connectivity index (χ1) is 14.1. The fourth-order valence-electron chi connectivity index (χ4n) is 4.59. The van der Waals surface area contributed by atoms with Gasteiger partial charge < -0.3 is 19.7 Å². The Hall–Kier alpha value is -2.83. The van der Waals surface area contributed by atoms with E-state index in [1.165, 1.54) is 0 Å². The largest absolute Gasteiger partial charge is 0.478 e. The zero-order valence-corrected chi connectivity index (χ0v) is 17.2. The van der Waals surface area contributed by atoms with Crippen molar-refractivity contribution in [1.82, 2.24) is 10.2 Å². The molecule has 6 rings (SSSR count). The molecule has 3 fully saturated rings. The smallest absolute Gasteiger partial charge is 0.335 e. The number of halogens is 1. The molecule has 3 saturated heterocycles. The number of rotatable bonds is 4. The summed E-state index contributed by atoms with van der Waals surface area (Å²) in [5.41, 5.74) is 2.32. The molecule has 1 atom stereocenters. The van der Waals surface area contributed by atoms with Crippen molar-refractivity contribution in [3.8, 4) is 11.1 Å². The van der Waals surface area contributed by atoms with Crippen LogP contribution in [0.1, 0.15) is 33.8 Å². The Morgan fingerprint density at radius 2 is 1.83 bits per heavy atom. The van der Waals surface area contributed by atoms with Crippen LogP contribution in [0.4, 0.5) is 0 Å². The van der Waals surface area contributed by atoms with Gasteiger partial charge in [-0.2, -0.15) is 0 Å². The van der Waals surface area contributed by atoms with Gasteiger partial charge in [0, 0.05) is 23.5 Å². The lowest BCUT2D eigenvalue weighted by molar-refractivity contribution is 0.0606. The maximum Gasteiger partial charge on any atom is 0.335 e. The molecular formula is C23H23ClN2O4. The molecular weight excluding hydrogens is 404 g/mol. The Morgan fingerprint density at radius 1 is 1.07 bits per heavy atom. The number of para-hydroxylation sites is 1. The van der Waals surface area contributed by atoms with Crippen LogP contribution in [0.15, 0.2) is 52.9 Å². The molecule has 0 radical (unpaired) electrons. The number of aromatic carboxylic acids is 1. The quantitative estimate of drug-likeness (QED) is 0.657. The molecule has 1 aromatic heterocycles. The third-order valence-corrected chi connectivity index (χ3v) is 6.16. The molecule has 3 aliphatic heterocycles. The summed E-state index contributed by atoms with van der Waals surface area (Å²) in [7, 11) is 0. The number of amides is 1. The minimum absolute atomic E-state index is 0. The van der Waals surface area contributed by atoms with E-state index in [4.69, 9.17) is 4.42 Å². The third-order valence-electron chi connectivity index (χ3n) is 6.16. The second kappa shape index (κ2) is 8.13. The van der Waals surface area contributed by atoms with Crippen molar-refractivity contribution in [2.75, 3.05) is 19.6 Å². The standard InChI is InChI=1S/C23H22N2O4.ClH/c26-22(24-19-13-25-9-7-14(19)8-10-25)20-12-16-4-2-6-18(21(16)29-20)15-3-1-5-17(11-15)23(27)28;/h1-6,11-12,14,19H,7-10,13H2,(H,24,26)(H,27,28);1H/t19-;/m0./s1. The monoisotopic (exact) mass is 426 g/mol. The average molecular weight is 427 g/mol. The van der Waals surface area contributed by atoms with Crippen molar-refractivity contribution in [1.29, 1.82) is 0 Å². The molecule has 2 bridgehead atoms. The molecule has 4 heterocycles. The average Bonchev–Trinajstić information content (AvgIpc) is 3.19. The highest BCUT2D eigenvalue weighted by Crippen LogP contribution is 2.32. The number of nitrogens with zero attached hydrogens (tertiary/aromatic N) is 1. The second-order valence-corrected chi connectivity index (χ2v) is 7.94. The van der Waals surface area contributed by atoms with Crippen molar-refractivity contribution in [3.05, 3.63) is 59.9 Å². The van der Waals surface area contributed by atoms with Crippen molar-refractivity contribution in [3.63, 3.8) is 0 Å². The van der Waals surface area contributed by atoms with E-state index in [-0.39, 0.29) is 29.9 Å². The number of piperidine rings is 3. The maximum atomic E-state index is 12.8. The summed E-state index contributed by atoms with van der Waals surface area (Å²) in [5, 5.41) is 13.2. The number of carboxylic acid groups (broad SMARTS) is 1. The van der Waals surface area contributed by atoms with Gasteiger partial charge in [-0.3, -0.25) is 4.79 Å². The molecule has 2 aromatic carbocycles. The normalized spacial score (nSPS) is 22.5. The summed E-state index contributed by atoms with van der Waals surface area (Å²) < 4.78 is 5.96. The van der Waals surface area contributed by atoms with Gasteiger partial charge in [0.05, 0.1) is 5.56 Å². The molecule has 0 unspecified atom stereocenters. The van der Waals surface area contributed by atoms with E-state index in [1.54, 1.807) is 24.3 Å². The van der Waals surface area contributed by atoms with Gasteiger partial charge in [-0.1, -0.05) is 30.3 Å². The van der Waals surface area contributed by atoms with Gasteiger partial charge >= 0.3 is 5.97 Å². The zero-order valence-electron chi connectivity index (χ0n) is 16.3. The fraction of sp³-hybridized carbons (Fsp3) is 0.304. The third kappa shape index (κ3) is 3.68. The van der Waals surface area contributed by atoms with Gasteiger partial charge in [-0.15, -0.1) is 12.4 Å². The summed E-state index contributed by atoms with van der Waals surface area (Å²) in [6.45, 7) is 3.16. The van der Waals surface area contributed by atoms with E-state index in [0.29, 0.717) is 17.3 Å². The Labute approximate surface area is 180 Å². The highest BCUT2D eigenvalue weighted by Gasteiger charge is 2.35. The Bertz CT molecular complexity index is 1100. The number of benzene rings is 2. The summed E-state index contributed by atoms with van der Waals surface area (Å²) in [6.07, 6.45) is 2.27. The van der Waals surface area contributed by atoms with Crippen molar-refractivity contribution in [2.24, 2.45) is 5.92 Å². The van der Waals surface area contributed by atoms with E-state index < -0.39 is 5.97 Å². The first kappa shape index (κ1) is 20.4. The molecule has 0 saturated carbocycles. The fourth-order valence-corrected chi connectivity index (χ4v) is 4.59. The van der Waals surface area contributed by atoms with Gasteiger partial charge in [-0.25, -0.2) is 4.79 Å². The molecule has 30 heavy (non-hydrogen) atoms. The Morgan fingerprint density at radius 3 is 2.53 bits per heavy atom. The SMILES string of the molecule is Cl.O=C(O)c1cccc(-c2cccc3cc(C(=O)N[C@H]4CN5CCC4CC5)oc23)c1. The highest BCUT2D eigenvalue weighted by molar-refractivity contribution is 6.00. The number of hydrogen-bond donors (Lipinski definition) is 2.